The van der Waals surface area contributed by atoms with Crippen molar-refractivity contribution in [2.24, 2.45) is 11.7 Å². The number of hydrogen-bond donors (Lipinski definition) is 5. The molecule has 0 aliphatic heterocycles. The van der Waals surface area contributed by atoms with Crippen LogP contribution in [-0.4, -0.2) is 62.4 Å². The van der Waals surface area contributed by atoms with Gasteiger partial charge in [0, 0.05) is 19.5 Å². The normalized spacial score (nSPS) is 11.0. The molecule has 0 spiro atoms. The molecule has 0 aromatic heterocycles. The Hall–Kier alpha value is -2.78. The van der Waals surface area contributed by atoms with E-state index in [9.17, 15) is 14.4 Å². The summed E-state index contributed by atoms with van der Waals surface area (Å²) in [4.78, 5) is 40.0. The first-order chi connectivity index (χ1) is 15.1. The molecule has 1 rings (SSSR count). The van der Waals surface area contributed by atoms with E-state index in [2.05, 4.69) is 41.9 Å². The van der Waals surface area contributed by atoms with Gasteiger partial charge in [-0.05, 0) is 39.7 Å². The van der Waals surface area contributed by atoms with Gasteiger partial charge in [0.15, 0.2) is 0 Å². The zero-order valence-electron chi connectivity index (χ0n) is 20.3. The molecular formula is C23H42N4O5. The maximum Gasteiger partial charge on any atom is 0.290 e. The highest BCUT2D eigenvalue weighted by Crippen LogP contribution is 2.01. The van der Waals surface area contributed by atoms with Gasteiger partial charge < -0.3 is 31.6 Å². The van der Waals surface area contributed by atoms with Crippen molar-refractivity contribution in [3.8, 4) is 0 Å². The summed E-state index contributed by atoms with van der Waals surface area (Å²) < 4.78 is 0. The highest BCUT2D eigenvalue weighted by atomic mass is 16.3. The number of carbonyl (C=O) groups is 4. The predicted molar refractivity (Wildman–Crippen MR) is 128 cm³/mol. The topological polar surface area (TPSA) is 151 Å². The van der Waals surface area contributed by atoms with Crippen molar-refractivity contribution in [1.29, 1.82) is 0 Å². The van der Waals surface area contributed by atoms with Gasteiger partial charge in [0.05, 0.1) is 12.6 Å². The summed E-state index contributed by atoms with van der Waals surface area (Å²) in [7, 11) is 3.56. The first kappa shape index (κ1) is 33.8. The van der Waals surface area contributed by atoms with Crippen LogP contribution >= 0.6 is 0 Å². The molecule has 9 nitrogen and oxygen atoms in total. The van der Waals surface area contributed by atoms with Crippen molar-refractivity contribution in [2.75, 3.05) is 20.6 Å². The van der Waals surface area contributed by atoms with E-state index >= 15 is 0 Å². The van der Waals surface area contributed by atoms with E-state index in [0.29, 0.717) is 31.1 Å². The summed E-state index contributed by atoms with van der Waals surface area (Å²) in [5.74, 6) is 0.250. The van der Waals surface area contributed by atoms with Crippen LogP contribution < -0.4 is 21.7 Å². The van der Waals surface area contributed by atoms with Crippen LogP contribution in [0.3, 0.4) is 0 Å². The van der Waals surface area contributed by atoms with Gasteiger partial charge in [-0.2, -0.15) is 0 Å². The third-order valence-corrected chi connectivity index (χ3v) is 3.94. The van der Waals surface area contributed by atoms with E-state index in [1.807, 2.05) is 39.1 Å². The van der Waals surface area contributed by atoms with Gasteiger partial charge in [-0.25, -0.2) is 0 Å². The van der Waals surface area contributed by atoms with Crippen LogP contribution in [-0.2, 0) is 19.2 Å². The van der Waals surface area contributed by atoms with Crippen LogP contribution in [0.25, 0.3) is 0 Å². The van der Waals surface area contributed by atoms with Crippen LogP contribution in [0, 0.1) is 12.8 Å². The molecule has 0 fully saturated rings. The number of aldehydes is 1. The van der Waals surface area contributed by atoms with Crippen molar-refractivity contribution in [1.82, 2.24) is 16.0 Å². The molecule has 6 N–H and O–H groups in total. The molecule has 1 aromatic carbocycles. The summed E-state index contributed by atoms with van der Waals surface area (Å²) in [6.45, 7) is 7.92. The van der Waals surface area contributed by atoms with Crippen LogP contribution in [0.1, 0.15) is 45.6 Å². The number of nitrogens with one attached hydrogen (secondary N) is 3. The van der Waals surface area contributed by atoms with Gasteiger partial charge in [-0.15, -0.1) is 0 Å². The van der Waals surface area contributed by atoms with E-state index in [1.165, 1.54) is 5.56 Å². The van der Waals surface area contributed by atoms with Gasteiger partial charge in [-0.1, -0.05) is 49.7 Å². The fourth-order valence-electron chi connectivity index (χ4n) is 2.04. The Morgan fingerprint density at radius 1 is 1.09 bits per heavy atom. The van der Waals surface area contributed by atoms with E-state index in [1.54, 1.807) is 7.05 Å². The molecule has 184 valence electrons. The maximum absolute atomic E-state index is 11.0. The quantitative estimate of drug-likeness (QED) is 0.355. The molecule has 0 saturated heterocycles. The number of nitrogens with two attached hydrogens (primary N) is 1. The minimum Gasteiger partial charge on any atom is -0.483 e. The maximum atomic E-state index is 11.0. The Balaban J connectivity index is -0.000000379. The molecule has 2 unspecified atom stereocenters. The molecule has 1 aromatic rings. The molecule has 2 amide bonds. The van der Waals surface area contributed by atoms with Gasteiger partial charge in [0.1, 0.15) is 6.29 Å². The molecule has 0 aliphatic carbocycles. The highest BCUT2D eigenvalue weighted by molar-refractivity contribution is 5.83. The Bertz CT molecular complexity index is 597. The van der Waals surface area contributed by atoms with Crippen LogP contribution in [0.2, 0.25) is 0 Å². The molecule has 2 atom stereocenters. The second kappa shape index (κ2) is 24.5. The first-order valence-electron chi connectivity index (χ1n) is 10.5. The van der Waals surface area contributed by atoms with Crippen molar-refractivity contribution in [3.05, 3.63) is 35.9 Å². The third-order valence-electron chi connectivity index (χ3n) is 3.94. The highest BCUT2D eigenvalue weighted by Gasteiger charge is 2.13. The standard InChI is InChI=1S/C8H16N2O2.C7H16N2O.C7H8.CH2O2/c1-6(2)5-7(9)8(12)10-3-4-11;1-6(8-2)4-5-7(10)9-3;1-7-5-3-2-4-6-7;2-1-3/h4,6-7H,3,5,9H2,1-2H3,(H,10,12);6,8H,4-5H2,1-3H3,(H,9,10);2-6H,1H3;1H,(H,2,3). The lowest BCUT2D eigenvalue weighted by atomic mass is 10.0. The number of aryl methyl sites for hydroxylation is 1. The molecule has 9 heteroatoms. The van der Waals surface area contributed by atoms with E-state index in [-0.39, 0.29) is 24.8 Å². The van der Waals surface area contributed by atoms with E-state index in [0.717, 1.165) is 6.42 Å². The lowest BCUT2D eigenvalue weighted by Gasteiger charge is -2.12. The summed E-state index contributed by atoms with van der Waals surface area (Å²) >= 11 is 0. The van der Waals surface area contributed by atoms with Crippen molar-refractivity contribution in [3.63, 3.8) is 0 Å². The van der Waals surface area contributed by atoms with Gasteiger partial charge in [-0.3, -0.25) is 14.4 Å². The molecular weight excluding hydrogens is 412 g/mol. The molecule has 32 heavy (non-hydrogen) atoms. The Kier molecular flexibility index (Phi) is 25.9. The minimum atomic E-state index is -0.495. The average molecular weight is 455 g/mol. The summed E-state index contributed by atoms with van der Waals surface area (Å²) in [6, 6.07) is 10.2. The van der Waals surface area contributed by atoms with Crippen molar-refractivity contribution in [2.45, 2.75) is 59.0 Å². The number of benzene rings is 1. The van der Waals surface area contributed by atoms with Gasteiger partial charge in [0.25, 0.3) is 6.47 Å². The Labute approximate surface area is 192 Å². The first-order valence-corrected chi connectivity index (χ1v) is 10.5. The second-order valence-electron chi connectivity index (χ2n) is 7.31. The number of carbonyl (C=O) groups excluding carboxylic acids is 3. The van der Waals surface area contributed by atoms with Crippen LogP contribution in [0.5, 0.6) is 0 Å². The molecule has 0 radical (unpaired) electrons. The Morgan fingerprint density at radius 3 is 1.97 bits per heavy atom. The number of carboxylic acid groups (broad SMARTS) is 1. The molecule has 0 aliphatic rings. The summed E-state index contributed by atoms with van der Waals surface area (Å²) in [6.07, 6.45) is 2.79. The Morgan fingerprint density at radius 2 is 1.62 bits per heavy atom. The second-order valence-corrected chi connectivity index (χ2v) is 7.31. The smallest absolute Gasteiger partial charge is 0.290 e. The lowest BCUT2D eigenvalue weighted by Crippen LogP contribution is -2.41. The van der Waals surface area contributed by atoms with E-state index in [4.69, 9.17) is 15.6 Å². The number of amides is 2. The predicted octanol–water partition coefficient (Wildman–Crippen LogP) is 1.49. The number of rotatable bonds is 9. The summed E-state index contributed by atoms with van der Waals surface area (Å²) in [5.41, 5.74) is 6.85. The molecule has 0 saturated carbocycles. The van der Waals surface area contributed by atoms with Crippen molar-refractivity contribution >= 4 is 24.6 Å². The molecule has 0 bridgehead atoms. The van der Waals surface area contributed by atoms with Gasteiger partial charge in [0.2, 0.25) is 11.8 Å². The van der Waals surface area contributed by atoms with Crippen LogP contribution in [0.4, 0.5) is 0 Å². The SMILES string of the molecule is CC(C)CC(N)C(=O)NCC=O.CNC(=O)CCC(C)NC.Cc1ccccc1.O=CO. The molecule has 0 heterocycles. The zero-order valence-corrected chi connectivity index (χ0v) is 20.3. The fraction of sp³-hybridized carbons (Fsp3) is 0.565. The monoisotopic (exact) mass is 454 g/mol. The third kappa shape index (κ3) is 27.2. The average Bonchev–Trinajstić information content (AvgIpc) is 2.76. The zero-order chi connectivity index (χ0) is 25.4. The lowest BCUT2D eigenvalue weighted by molar-refractivity contribution is -0.124. The van der Waals surface area contributed by atoms with Crippen LogP contribution in [0.15, 0.2) is 30.3 Å². The fourth-order valence-corrected chi connectivity index (χ4v) is 2.04. The number of hydrogen-bond acceptors (Lipinski definition) is 6. The van der Waals surface area contributed by atoms with Gasteiger partial charge >= 0.3 is 0 Å². The minimum absolute atomic E-state index is 0.0463. The van der Waals surface area contributed by atoms with Crippen molar-refractivity contribution < 1.29 is 24.3 Å². The largest absolute Gasteiger partial charge is 0.483 e. The summed E-state index contributed by atoms with van der Waals surface area (Å²) in [5, 5.41) is 14.9. The van der Waals surface area contributed by atoms with E-state index < -0.39 is 6.04 Å².